The quantitative estimate of drug-likeness (QED) is 0.698. The zero-order chi connectivity index (χ0) is 19.6. The number of carbonyl (C=O) groups excluding carboxylic acids is 2. The Kier molecular flexibility index (Phi) is 7.86. The van der Waals surface area contributed by atoms with Crippen molar-refractivity contribution in [2.45, 2.75) is 33.6 Å². The highest BCUT2D eigenvalue weighted by Gasteiger charge is 2.16. The van der Waals surface area contributed by atoms with Crippen LogP contribution in [0.3, 0.4) is 0 Å². The average Bonchev–Trinajstić information content (AvgIpc) is 2.65. The van der Waals surface area contributed by atoms with Crippen molar-refractivity contribution in [2.75, 3.05) is 18.4 Å². The highest BCUT2D eigenvalue weighted by Crippen LogP contribution is 2.23. The molecule has 1 unspecified atom stereocenters. The molecule has 0 aliphatic rings. The van der Waals surface area contributed by atoms with Crippen LogP contribution in [0.4, 0.5) is 5.69 Å². The Balaban J connectivity index is 1.82. The summed E-state index contributed by atoms with van der Waals surface area (Å²) in [6.07, 6.45) is 0.703. The Morgan fingerprint density at radius 1 is 0.926 bits per heavy atom. The number of para-hydroxylation sites is 1. The number of ether oxygens (including phenoxy) is 1. The van der Waals surface area contributed by atoms with Gasteiger partial charge in [-0.1, -0.05) is 25.1 Å². The third kappa shape index (κ3) is 6.77. The van der Waals surface area contributed by atoms with Crippen molar-refractivity contribution in [3.05, 3.63) is 54.6 Å². The smallest absolute Gasteiger partial charge is 0.224 e. The SMILES string of the molecule is CCN(CC)C(=O)CC(C)CC(=O)Nc1ccc(Oc2ccccc2)cc1. The number of hydrogen-bond acceptors (Lipinski definition) is 3. The summed E-state index contributed by atoms with van der Waals surface area (Å²) in [5, 5.41) is 2.87. The van der Waals surface area contributed by atoms with Crippen molar-refractivity contribution in [1.82, 2.24) is 4.90 Å². The van der Waals surface area contributed by atoms with Gasteiger partial charge in [0.05, 0.1) is 0 Å². The molecule has 0 heterocycles. The first-order valence-electron chi connectivity index (χ1n) is 9.42. The molecule has 0 aliphatic carbocycles. The number of rotatable bonds is 9. The van der Waals surface area contributed by atoms with Crippen LogP contribution in [-0.4, -0.2) is 29.8 Å². The number of anilines is 1. The van der Waals surface area contributed by atoms with E-state index in [2.05, 4.69) is 5.32 Å². The van der Waals surface area contributed by atoms with E-state index in [-0.39, 0.29) is 17.7 Å². The van der Waals surface area contributed by atoms with Gasteiger partial charge in [0.2, 0.25) is 11.8 Å². The molecule has 5 nitrogen and oxygen atoms in total. The van der Waals surface area contributed by atoms with E-state index < -0.39 is 0 Å². The normalized spacial score (nSPS) is 11.5. The van der Waals surface area contributed by atoms with E-state index in [1.165, 1.54) is 0 Å². The molecule has 2 aromatic rings. The Morgan fingerprint density at radius 3 is 2.11 bits per heavy atom. The van der Waals surface area contributed by atoms with Crippen LogP contribution >= 0.6 is 0 Å². The lowest BCUT2D eigenvalue weighted by molar-refractivity contribution is -0.131. The van der Waals surface area contributed by atoms with Crippen LogP contribution in [0, 0.1) is 5.92 Å². The molecule has 0 aromatic heterocycles. The Bertz CT molecular complexity index is 725. The average molecular weight is 368 g/mol. The van der Waals surface area contributed by atoms with Gasteiger partial charge in [0.25, 0.3) is 0 Å². The molecule has 2 amide bonds. The summed E-state index contributed by atoms with van der Waals surface area (Å²) in [5.74, 6) is 1.48. The first-order valence-corrected chi connectivity index (χ1v) is 9.42. The Labute approximate surface area is 161 Å². The largest absolute Gasteiger partial charge is 0.457 e. The van der Waals surface area contributed by atoms with Crippen molar-refractivity contribution >= 4 is 17.5 Å². The molecular weight excluding hydrogens is 340 g/mol. The van der Waals surface area contributed by atoms with E-state index in [4.69, 9.17) is 4.74 Å². The second-order valence-corrected chi connectivity index (χ2v) is 6.57. The molecule has 2 rings (SSSR count). The molecule has 5 heteroatoms. The minimum absolute atomic E-state index is 0.00112. The topological polar surface area (TPSA) is 58.6 Å². The minimum Gasteiger partial charge on any atom is -0.457 e. The summed E-state index contributed by atoms with van der Waals surface area (Å²) in [4.78, 5) is 26.1. The van der Waals surface area contributed by atoms with Crippen molar-refractivity contribution in [3.8, 4) is 11.5 Å². The lowest BCUT2D eigenvalue weighted by atomic mass is 10.0. The fourth-order valence-corrected chi connectivity index (χ4v) is 2.84. The van der Waals surface area contributed by atoms with Gasteiger partial charge in [-0.15, -0.1) is 0 Å². The first-order chi connectivity index (χ1) is 13.0. The minimum atomic E-state index is -0.0911. The zero-order valence-corrected chi connectivity index (χ0v) is 16.3. The van der Waals surface area contributed by atoms with Gasteiger partial charge in [-0.05, 0) is 56.2 Å². The molecule has 27 heavy (non-hydrogen) atoms. The van der Waals surface area contributed by atoms with Gasteiger partial charge < -0.3 is 15.0 Å². The van der Waals surface area contributed by atoms with E-state index in [9.17, 15) is 9.59 Å². The highest BCUT2D eigenvalue weighted by atomic mass is 16.5. The second kappa shape index (κ2) is 10.4. The number of hydrogen-bond donors (Lipinski definition) is 1. The van der Waals surface area contributed by atoms with Crippen molar-refractivity contribution < 1.29 is 14.3 Å². The Morgan fingerprint density at radius 2 is 1.52 bits per heavy atom. The molecule has 0 fully saturated rings. The van der Waals surface area contributed by atoms with Crippen molar-refractivity contribution in [2.24, 2.45) is 5.92 Å². The first kappa shape index (κ1) is 20.5. The maximum absolute atomic E-state index is 12.2. The van der Waals surface area contributed by atoms with E-state index in [0.717, 1.165) is 5.75 Å². The molecule has 1 N–H and O–H groups in total. The lowest BCUT2D eigenvalue weighted by Crippen LogP contribution is -2.32. The van der Waals surface area contributed by atoms with Crippen molar-refractivity contribution in [1.29, 1.82) is 0 Å². The maximum atomic E-state index is 12.2. The third-order valence-corrected chi connectivity index (χ3v) is 4.29. The summed E-state index contributed by atoms with van der Waals surface area (Å²) in [6.45, 7) is 7.25. The molecule has 0 saturated carbocycles. The summed E-state index contributed by atoms with van der Waals surface area (Å²) in [5.41, 5.74) is 0.711. The lowest BCUT2D eigenvalue weighted by Gasteiger charge is -2.20. The number of benzene rings is 2. The number of amides is 2. The molecule has 0 radical (unpaired) electrons. The van der Waals surface area contributed by atoms with Crippen LogP contribution in [0.5, 0.6) is 11.5 Å². The van der Waals surface area contributed by atoms with E-state index >= 15 is 0 Å². The van der Waals surface area contributed by atoms with Gasteiger partial charge in [0, 0.05) is 31.6 Å². The maximum Gasteiger partial charge on any atom is 0.224 e. The van der Waals surface area contributed by atoms with E-state index in [1.54, 1.807) is 4.90 Å². The number of carbonyl (C=O) groups is 2. The van der Waals surface area contributed by atoms with Gasteiger partial charge >= 0.3 is 0 Å². The van der Waals surface area contributed by atoms with Crippen LogP contribution in [-0.2, 0) is 9.59 Å². The van der Waals surface area contributed by atoms with Crippen LogP contribution in [0.15, 0.2) is 54.6 Å². The molecule has 0 spiro atoms. The van der Waals surface area contributed by atoms with Crippen LogP contribution in [0.2, 0.25) is 0 Å². The summed E-state index contributed by atoms with van der Waals surface area (Å²) in [7, 11) is 0. The predicted octanol–water partition coefficient (Wildman–Crippen LogP) is 4.70. The van der Waals surface area contributed by atoms with E-state index in [0.29, 0.717) is 37.4 Å². The zero-order valence-electron chi connectivity index (χ0n) is 16.3. The highest BCUT2D eigenvalue weighted by molar-refractivity contribution is 5.91. The van der Waals surface area contributed by atoms with E-state index in [1.807, 2.05) is 75.4 Å². The summed E-state index contributed by atoms with van der Waals surface area (Å²) >= 11 is 0. The van der Waals surface area contributed by atoms with Gasteiger partial charge in [-0.25, -0.2) is 0 Å². The van der Waals surface area contributed by atoms with Gasteiger partial charge in [0.1, 0.15) is 11.5 Å². The monoisotopic (exact) mass is 368 g/mol. The van der Waals surface area contributed by atoms with Crippen LogP contribution in [0.25, 0.3) is 0 Å². The summed E-state index contributed by atoms with van der Waals surface area (Å²) < 4.78 is 5.74. The number of nitrogens with zero attached hydrogens (tertiary/aromatic N) is 1. The Hall–Kier alpha value is -2.82. The molecule has 0 aliphatic heterocycles. The predicted molar refractivity (Wildman–Crippen MR) is 108 cm³/mol. The third-order valence-electron chi connectivity index (χ3n) is 4.29. The van der Waals surface area contributed by atoms with Gasteiger partial charge in [0.15, 0.2) is 0 Å². The summed E-state index contributed by atoms with van der Waals surface area (Å²) in [6, 6.07) is 16.8. The fraction of sp³-hybridized carbons (Fsp3) is 0.364. The standard InChI is InChI=1S/C22H28N2O3/c1-4-24(5-2)22(26)16-17(3)15-21(25)23-18-11-13-20(14-12-18)27-19-9-7-6-8-10-19/h6-14,17H,4-5,15-16H2,1-3H3,(H,23,25). The fourth-order valence-electron chi connectivity index (χ4n) is 2.84. The molecular formula is C22H28N2O3. The second-order valence-electron chi connectivity index (χ2n) is 6.57. The number of nitrogens with one attached hydrogen (secondary N) is 1. The van der Waals surface area contributed by atoms with Gasteiger partial charge in [-0.3, -0.25) is 9.59 Å². The van der Waals surface area contributed by atoms with Gasteiger partial charge in [-0.2, -0.15) is 0 Å². The molecule has 144 valence electrons. The molecule has 1 atom stereocenters. The molecule has 2 aromatic carbocycles. The van der Waals surface area contributed by atoms with Crippen molar-refractivity contribution in [3.63, 3.8) is 0 Å². The molecule has 0 saturated heterocycles. The van der Waals surface area contributed by atoms with Crippen LogP contribution < -0.4 is 10.1 Å². The van der Waals surface area contributed by atoms with Crippen LogP contribution in [0.1, 0.15) is 33.6 Å². The molecule has 0 bridgehead atoms.